The Kier molecular flexibility index (Phi) is 5.07. The number of hydrogen-bond acceptors (Lipinski definition) is 4. The van der Waals surface area contributed by atoms with Gasteiger partial charge in [0.2, 0.25) is 0 Å². The number of likely N-dealkylation sites (tertiary alicyclic amines) is 1. The minimum absolute atomic E-state index is 0.148. The minimum atomic E-state index is -0.591. The van der Waals surface area contributed by atoms with Crippen LogP contribution in [0, 0.1) is 0 Å². The molecule has 1 saturated heterocycles. The second-order valence-electron chi connectivity index (χ2n) is 5.76. The first-order valence-electron chi connectivity index (χ1n) is 6.36. The number of azide groups is 2. The monoisotopic (exact) mass is 281 g/mol. The van der Waals surface area contributed by atoms with Crippen molar-refractivity contribution >= 4 is 6.09 Å². The van der Waals surface area contributed by atoms with Gasteiger partial charge in [-0.15, -0.1) is 0 Å². The highest BCUT2D eigenvalue weighted by molar-refractivity contribution is 5.68. The van der Waals surface area contributed by atoms with Gasteiger partial charge in [0.1, 0.15) is 5.60 Å². The third kappa shape index (κ3) is 4.22. The van der Waals surface area contributed by atoms with Gasteiger partial charge in [-0.3, -0.25) is 0 Å². The van der Waals surface area contributed by atoms with Crippen LogP contribution in [0.4, 0.5) is 4.79 Å². The van der Waals surface area contributed by atoms with Crippen LogP contribution in [0.5, 0.6) is 0 Å². The van der Waals surface area contributed by atoms with E-state index in [9.17, 15) is 4.79 Å². The lowest BCUT2D eigenvalue weighted by atomic mass is 9.95. The summed E-state index contributed by atoms with van der Waals surface area (Å²) in [6.45, 7) is 7.38. The molecule has 1 heterocycles. The van der Waals surface area contributed by atoms with Crippen LogP contribution in [-0.4, -0.2) is 41.3 Å². The molecule has 0 unspecified atom stereocenters. The first kappa shape index (κ1) is 15.9. The fraction of sp³-hybridized carbons (Fsp3) is 0.909. The maximum atomic E-state index is 12.1. The van der Waals surface area contributed by atoms with Gasteiger partial charge in [-0.05, 0) is 45.2 Å². The Bertz CT molecular complexity index is 460. The quantitative estimate of drug-likeness (QED) is 0.436. The first-order chi connectivity index (χ1) is 9.28. The summed E-state index contributed by atoms with van der Waals surface area (Å²) >= 11 is 0. The normalized spacial score (nSPS) is 26.2. The second-order valence-corrected chi connectivity index (χ2v) is 5.76. The van der Waals surface area contributed by atoms with Gasteiger partial charge in [0.15, 0.2) is 0 Å². The fourth-order valence-corrected chi connectivity index (χ4v) is 2.08. The largest absolute Gasteiger partial charge is 0.444 e. The van der Waals surface area contributed by atoms with Gasteiger partial charge >= 0.3 is 6.09 Å². The first-order valence-corrected chi connectivity index (χ1v) is 6.36. The third-order valence-electron chi connectivity index (χ3n) is 2.97. The van der Waals surface area contributed by atoms with E-state index >= 15 is 0 Å². The van der Waals surface area contributed by atoms with E-state index in [0.717, 1.165) is 0 Å². The Labute approximate surface area is 117 Å². The molecule has 9 nitrogen and oxygen atoms in total. The fourth-order valence-electron chi connectivity index (χ4n) is 2.08. The predicted octanol–water partition coefficient (Wildman–Crippen LogP) is 3.37. The van der Waals surface area contributed by atoms with Crippen molar-refractivity contribution in [1.82, 2.24) is 4.90 Å². The maximum absolute atomic E-state index is 12.1. The van der Waals surface area contributed by atoms with Crippen LogP contribution in [-0.2, 0) is 4.74 Å². The second kappa shape index (κ2) is 6.36. The van der Waals surface area contributed by atoms with Gasteiger partial charge in [-0.1, -0.05) is 10.2 Å². The Morgan fingerprint density at radius 1 is 1.25 bits per heavy atom. The van der Waals surface area contributed by atoms with Gasteiger partial charge in [0, 0.05) is 28.5 Å². The third-order valence-corrected chi connectivity index (χ3v) is 2.97. The van der Waals surface area contributed by atoms with Crippen LogP contribution in [0.1, 0.15) is 34.1 Å². The maximum Gasteiger partial charge on any atom is 0.410 e. The minimum Gasteiger partial charge on any atom is -0.444 e. The van der Waals surface area contributed by atoms with E-state index in [1.165, 1.54) is 4.90 Å². The summed E-state index contributed by atoms with van der Waals surface area (Å²) in [4.78, 5) is 19.1. The lowest BCUT2D eigenvalue weighted by molar-refractivity contribution is 0.00829. The molecule has 1 rings (SSSR count). The summed E-state index contributed by atoms with van der Waals surface area (Å²) in [7, 11) is 0. The standard InChI is InChI=1S/C11H19N7O2/c1-7-5-8(14-16-12)9(15-17-13)6-18(7)10(19)20-11(2,3)4/h7-9H,5-6H2,1-4H3/t7-,8+,9-/m1/s1. The van der Waals surface area contributed by atoms with Crippen LogP contribution in [0.2, 0.25) is 0 Å². The van der Waals surface area contributed by atoms with Gasteiger partial charge in [-0.2, -0.15) is 0 Å². The highest BCUT2D eigenvalue weighted by Crippen LogP contribution is 2.24. The van der Waals surface area contributed by atoms with Crippen molar-refractivity contribution in [2.24, 2.45) is 10.2 Å². The van der Waals surface area contributed by atoms with E-state index in [0.29, 0.717) is 6.42 Å². The zero-order chi connectivity index (χ0) is 15.3. The smallest absolute Gasteiger partial charge is 0.410 e. The van der Waals surface area contributed by atoms with E-state index < -0.39 is 23.8 Å². The van der Waals surface area contributed by atoms with Crippen molar-refractivity contribution in [1.29, 1.82) is 0 Å². The van der Waals surface area contributed by atoms with Crippen LogP contribution >= 0.6 is 0 Å². The molecule has 0 saturated carbocycles. The summed E-state index contributed by atoms with van der Waals surface area (Å²) in [5.74, 6) is 0. The van der Waals surface area contributed by atoms with Crippen molar-refractivity contribution in [2.45, 2.75) is 57.8 Å². The molecule has 0 aromatic rings. The summed E-state index contributed by atoms with van der Waals surface area (Å²) in [6.07, 6.45) is -0.0185. The molecule has 0 aliphatic carbocycles. The van der Waals surface area contributed by atoms with Crippen LogP contribution < -0.4 is 0 Å². The lowest BCUT2D eigenvalue weighted by Crippen LogP contribution is -2.53. The average molecular weight is 281 g/mol. The van der Waals surface area contributed by atoms with E-state index in [1.807, 2.05) is 6.92 Å². The molecule has 110 valence electrons. The van der Waals surface area contributed by atoms with Crippen molar-refractivity contribution < 1.29 is 9.53 Å². The highest BCUT2D eigenvalue weighted by atomic mass is 16.6. The summed E-state index contributed by atoms with van der Waals surface area (Å²) < 4.78 is 5.32. The molecule has 1 amide bonds. The molecule has 20 heavy (non-hydrogen) atoms. The van der Waals surface area contributed by atoms with E-state index in [4.69, 9.17) is 15.8 Å². The molecule has 0 bridgehead atoms. The molecule has 1 aliphatic heterocycles. The summed E-state index contributed by atoms with van der Waals surface area (Å²) in [5.41, 5.74) is 16.5. The van der Waals surface area contributed by atoms with Crippen LogP contribution in [0.25, 0.3) is 20.9 Å². The number of nitrogens with zero attached hydrogens (tertiary/aromatic N) is 7. The van der Waals surface area contributed by atoms with Crippen molar-refractivity contribution in [2.75, 3.05) is 6.54 Å². The predicted molar refractivity (Wildman–Crippen MR) is 72.9 cm³/mol. The number of carbonyl (C=O) groups excluding carboxylic acids is 1. The van der Waals surface area contributed by atoms with Crippen LogP contribution in [0.15, 0.2) is 10.2 Å². The lowest BCUT2D eigenvalue weighted by Gasteiger charge is -2.40. The average Bonchev–Trinajstić information content (AvgIpc) is 2.30. The highest BCUT2D eigenvalue weighted by Gasteiger charge is 2.36. The molecule has 9 heteroatoms. The zero-order valence-electron chi connectivity index (χ0n) is 12.1. The Morgan fingerprint density at radius 2 is 1.80 bits per heavy atom. The topological polar surface area (TPSA) is 127 Å². The van der Waals surface area contributed by atoms with Crippen LogP contribution in [0.3, 0.4) is 0 Å². The van der Waals surface area contributed by atoms with E-state index in [-0.39, 0.29) is 12.6 Å². The molecule has 1 aliphatic rings. The Morgan fingerprint density at radius 3 is 2.30 bits per heavy atom. The molecule has 0 N–H and O–H groups in total. The SMILES string of the molecule is C[C@@H]1C[C@H](N=[N+]=[N-])[C@H](N=[N+]=[N-])CN1C(=O)OC(C)(C)C. The van der Waals surface area contributed by atoms with Gasteiger partial charge < -0.3 is 9.64 Å². The summed E-state index contributed by atoms with van der Waals surface area (Å²) in [5, 5.41) is 7.25. The molecular weight excluding hydrogens is 262 g/mol. The number of ether oxygens (including phenoxy) is 1. The number of rotatable bonds is 2. The van der Waals surface area contributed by atoms with Gasteiger partial charge in [0.25, 0.3) is 0 Å². The Hall–Kier alpha value is -2.11. The molecule has 3 atom stereocenters. The molecule has 0 radical (unpaired) electrons. The van der Waals surface area contributed by atoms with Crippen molar-refractivity contribution in [3.05, 3.63) is 20.9 Å². The summed E-state index contributed by atoms with van der Waals surface area (Å²) in [6, 6.07) is -1.16. The van der Waals surface area contributed by atoms with Crippen molar-refractivity contribution in [3.63, 3.8) is 0 Å². The molecule has 1 fully saturated rings. The number of hydrogen-bond donors (Lipinski definition) is 0. The zero-order valence-corrected chi connectivity index (χ0v) is 12.1. The van der Waals surface area contributed by atoms with E-state index in [1.54, 1.807) is 20.8 Å². The Balaban J connectivity index is 2.87. The molecule has 0 spiro atoms. The van der Waals surface area contributed by atoms with E-state index in [2.05, 4.69) is 20.1 Å². The van der Waals surface area contributed by atoms with Gasteiger partial charge in [-0.25, -0.2) is 4.79 Å². The van der Waals surface area contributed by atoms with Gasteiger partial charge in [0.05, 0.1) is 6.04 Å². The number of piperidine rings is 1. The molecular formula is C11H19N7O2. The van der Waals surface area contributed by atoms with Crippen molar-refractivity contribution in [3.8, 4) is 0 Å². The molecule has 0 aromatic carbocycles. The number of amides is 1. The molecule has 0 aromatic heterocycles. The number of carbonyl (C=O) groups is 1.